The molecule has 0 aliphatic heterocycles. The molecule has 0 bridgehead atoms. The van der Waals surface area contributed by atoms with Crippen LogP contribution in [0.4, 0.5) is 0 Å². The van der Waals surface area contributed by atoms with Crippen molar-refractivity contribution in [3.63, 3.8) is 0 Å². The topological polar surface area (TPSA) is 119 Å². The molecular formula is C47H87O8P. The number of phosphoric ester groups is 1. The maximum absolute atomic E-state index is 12.4. The lowest BCUT2D eigenvalue weighted by Crippen LogP contribution is -2.29. The Bertz CT molecular complexity index is 1000. The van der Waals surface area contributed by atoms with Gasteiger partial charge < -0.3 is 19.3 Å². The molecule has 0 saturated heterocycles. The SMILES string of the molecule is CCCCCCCCCC/C=C/CCCCCC(=O)OC[C@H](COP(=O)(O)O)OC(=O)CCC/C=C/CC/C=C/CCCCCCCCCCCCCCCC. The van der Waals surface area contributed by atoms with Gasteiger partial charge in [-0.25, -0.2) is 4.57 Å². The molecule has 0 amide bonds. The van der Waals surface area contributed by atoms with E-state index >= 15 is 0 Å². The second kappa shape index (κ2) is 42.9. The molecule has 328 valence electrons. The zero-order valence-electron chi connectivity index (χ0n) is 36.3. The second-order valence-electron chi connectivity index (χ2n) is 15.7. The molecule has 0 unspecified atom stereocenters. The molecule has 0 heterocycles. The monoisotopic (exact) mass is 811 g/mol. The Morgan fingerprint density at radius 1 is 0.446 bits per heavy atom. The van der Waals surface area contributed by atoms with E-state index in [1.807, 2.05) is 0 Å². The zero-order valence-corrected chi connectivity index (χ0v) is 37.2. The first-order valence-corrected chi connectivity index (χ1v) is 24.8. The van der Waals surface area contributed by atoms with E-state index < -0.39 is 32.5 Å². The van der Waals surface area contributed by atoms with E-state index in [0.29, 0.717) is 12.8 Å². The van der Waals surface area contributed by atoms with Crippen molar-refractivity contribution in [3.8, 4) is 0 Å². The summed E-state index contributed by atoms with van der Waals surface area (Å²) in [6.07, 6.45) is 51.8. The van der Waals surface area contributed by atoms with Gasteiger partial charge >= 0.3 is 19.8 Å². The number of hydrogen-bond acceptors (Lipinski definition) is 6. The van der Waals surface area contributed by atoms with Crippen molar-refractivity contribution in [2.75, 3.05) is 13.2 Å². The fourth-order valence-electron chi connectivity index (χ4n) is 6.62. The Morgan fingerprint density at radius 3 is 1.20 bits per heavy atom. The Labute approximate surface area is 344 Å². The summed E-state index contributed by atoms with van der Waals surface area (Å²) in [5, 5.41) is 0. The normalized spacial score (nSPS) is 12.7. The van der Waals surface area contributed by atoms with Crippen LogP contribution in [0.25, 0.3) is 0 Å². The summed E-state index contributed by atoms with van der Waals surface area (Å²) in [4.78, 5) is 42.9. The number of ether oxygens (including phenoxy) is 2. The van der Waals surface area contributed by atoms with Crippen LogP contribution in [0.5, 0.6) is 0 Å². The molecule has 0 radical (unpaired) electrons. The Morgan fingerprint density at radius 2 is 0.786 bits per heavy atom. The largest absolute Gasteiger partial charge is 0.469 e. The molecule has 8 nitrogen and oxygen atoms in total. The number of carbonyl (C=O) groups is 2. The third kappa shape index (κ3) is 45.0. The van der Waals surface area contributed by atoms with Crippen molar-refractivity contribution < 1.29 is 37.9 Å². The fraction of sp³-hybridized carbons (Fsp3) is 0.830. The van der Waals surface area contributed by atoms with Gasteiger partial charge in [0.15, 0.2) is 6.10 Å². The maximum atomic E-state index is 12.4. The molecule has 2 N–H and O–H groups in total. The third-order valence-corrected chi connectivity index (χ3v) is 10.6. The quantitative estimate of drug-likeness (QED) is 0.0270. The summed E-state index contributed by atoms with van der Waals surface area (Å²) in [7, 11) is -4.77. The molecule has 0 aliphatic rings. The number of unbranched alkanes of at least 4 members (excludes halogenated alkanes) is 27. The van der Waals surface area contributed by atoms with Gasteiger partial charge in [-0.2, -0.15) is 0 Å². The minimum absolute atomic E-state index is 0.150. The molecule has 0 rings (SSSR count). The summed E-state index contributed by atoms with van der Waals surface area (Å²) in [5.41, 5.74) is 0. The Kier molecular flexibility index (Phi) is 41.5. The first-order valence-electron chi connectivity index (χ1n) is 23.3. The standard InChI is InChI=1S/C47H87O8P/c1-3-5-7-9-11-13-15-17-19-20-21-22-23-24-25-26-28-30-32-34-36-38-40-42-47(49)55-45(44-54-56(50,51)52)43-53-46(48)41-39-37-35-33-31-29-27-18-16-14-12-10-8-6-4-2/h26,28-29,31,34,36,45H,3-25,27,30,32-33,35,37-44H2,1-2H3,(H2,50,51,52)/b28-26+,31-29+,36-34+/t45-/m1/s1. The van der Waals surface area contributed by atoms with Crippen LogP contribution in [-0.2, 0) is 28.2 Å². The van der Waals surface area contributed by atoms with Crippen molar-refractivity contribution in [1.82, 2.24) is 0 Å². The van der Waals surface area contributed by atoms with E-state index in [1.165, 1.54) is 141 Å². The predicted octanol–water partition coefficient (Wildman–Crippen LogP) is 14.5. The third-order valence-electron chi connectivity index (χ3n) is 10.1. The summed E-state index contributed by atoms with van der Waals surface area (Å²) in [6.45, 7) is 3.66. The molecule has 9 heteroatoms. The number of esters is 2. The van der Waals surface area contributed by atoms with Gasteiger partial charge in [0.2, 0.25) is 0 Å². The lowest BCUT2D eigenvalue weighted by Gasteiger charge is -2.18. The van der Waals surface area contributed by atoms with Crippen molar-refractivity contribution >= 4 is 19.8 Å². The van der Waals surface area contributed by atoms with E-state index in [2.05, 4.69) is 54.8 Å². The van der Waals surface area contributed by atoms with Crippen LogP contribution in [-0.4, -0.2) is 41.0 Å². The molecule has 56 heavy (non-hydrogen) atoms. The van der Waals surface area contributed by atoms with Crippen molar-refractivity contribution in [3.05, 3.63) is 36.5 Å². The minimum Gasteiger partial charge on any atom is -0.462 e. The highest BCUT2D eigenvalue weighted by atomic mass is 31.2. The number of allylic oxidation sites excluding steroid dienone is 6. The molecule has 0 aromatic rings. The number of hydrogen-bond donors (Lipinski definition) is 2. The molecule has 0 aliphatic carbocycles. The van der Waals surface area contributed by atoms with Crippen LogP contribution in [0.1, 0.15) is 232 Å². The minimum atomic E-state index is -4.77. The lowest BCUT2D eigenvalue weighted by molar-refractivity contribution is -0.161. The molecule has 0 saturated carbocycles. The average molecular weight is 811 g/mol. The van der Waals surface area contributed by atoms with Crippen molar-refractivity contribution in [2.45, 2.75) is 238 Å². The van der Waals surface area contributed by atoms with E-state index in [9.17, 15) is 14.2 Å². The van der Waals surface area contributed by atoms with Crippen molar-refractivity contribution in [1.29, 1.82) is 0 Å². The van der Waals surface area contributed by atoms with Gasteiger partial charge in [-0.3, -0.25) is 14.1 Å². The molecule has 0 aromatic heterocycles. The summed E-state index contributed by atoms with van der Waals surface area (Å²) < 4.78 is 26.4. The summed E-state index contributed by atoms with van der Waals surface area (Å²) in [5.74, 6) is -0.946. The van der Waals surface area contributed by atoms with Gasteiger partial charge in [-0.15, -0.1) is 0 Å². The van der Waals surface area contributed by atoms with Gasteiger partial charge in [0.05, 0.1) is 6.61 Å². The van der Waals surface area contributed by atoms with Gasteiger partial charge in [0.25, 0.3) is 0 Å². The number of carbonyl (C=O) groups excluding carboxylic acids is 2. The van der Waals surface area contributed by atoms with Crippen LogP contribution < -0.4 is 0 Å². The van der Waals surface area contributed by atoms with Crippen LogP contribution in [0.15, 0.2) is 36.5 Å². The van der Waals surface area contributed by atoms with Gasteiger partial charge in [0.1, 0.15) is 6.61 Å². The highest BCUT2D eigenvalue weighted by Crippen LogP contribution is 2.36. The molecule has 0 aromatic carbocycles. The smallest absolute Gasteiger partial charge is 0.462 e. The Balaban J connectivity index is 3.91. The first kappa shape index (κ1) is 54.3. The number of rotatable bonds is 43. The fourth-order valence-corrected chi connectivity index (χ4v) is 6.98. The van der Waals surface area contributed by atoms with Crippen LogP contribution in [0.3, 0.4) is 0 Å². The average Bonchev–Trinajstić information content (AvgIpc) is 3.17. The van der Waals surface area contributed by atoms with E-state index in [4.69, 9.17) is 19.3 Å². The highest BCUT2D eigenvalue weighted by molar-refractivity contribution is 7.46. The molecule has 1 atom stereocenters. The van der Waals surface area contributed by atoms with Gasteiger partial charge in [-0.1, -0.05) is 185 Å². The predicted molar refractivity (Wildman–Crippen MR) is 235 cm³/mol. The highest BCUT2D eigenvalue weighted by Gasteiger charge is 2.22. The van der Waals surface area contributed by atoms with Gasteiger partial charge in [-0.05, 0) is 70.6 Å². The molecule has 0 spiro atoms. The van der Waals surface area contributed by atoms with Crippen molar-refractivity contribution in [2.24, 2.45) is 0 Å². The summed E-state index contributed by atoms with van der Waals surface area (Å²) >= 11 is 0. The lowest BCUT2D eigenvalue weighted by atomic mass is 10.0. The van der Waals surface area contributed by atoms with E-state index in [0.717, 1.165) is 51.4 Å². The van der Waals surface area contributed by atoms with Crippen LogP contribution in [0, 0.1) is 0 Å². The van der Waals surface area contributed by atoms with Crippen LogP contribution >= 0.6 is 7.82 Å². The Hall–Kier alpha value is -1.73. The zero-order chi connectivity index (χ0) is 41.1. The molecular weight excluding hydrogens is 723 g/mol. The number of phosphoric acid groups is 1. The second-order valence-corrected chi connectivity index (χ2v) is 17.0. The van der Waals surface area contributed by atoms with E-state index in [-0.39, 0.29) is 19.4 Å². The van der Waals surface area contributed by atoms with Gasteiger partial charge in [0, 0.05) is 12.8 Å². The molecule has 0 fully saturated rings. The first-order chi connectivity index (χ1) is 27.3. The van der Waals surface area contributed by atoms with Crippen LogP contribution in [0.2, 0.25) is 0 Å². The maximum Gasteiger partial charge on any atom is 0.469 e. The van der Waals surface area contributed by atoms with E-state index in [1.54, 1.807) is 0 Å². The summed E-state index contributed by atoms with van der Waals surface area (Å²) in [6, 6.07) is 0.